The molecule has 3 heteroatoms. The smallest absolute Gasteiger partial charge is 0.108 e. The lowest BCUT2D eigenvalue weighted by molar-refractivity contribution is 0.522. The predicted molar refractivity (Wildman–Crippen MR) is 55.0 cm³/mol. The Morgan fingerprint density at radius 1 is 1.43 bits per heavy atom. The maximum atomic E-state index is 6.09. The first kappa shape index (κ1) is 8.48. The Balaban J connectivity index is 1.81. The highest BCUT2D eigenvalue weighted by Crippen LogP contribution is 2.35. The maximum absolute atomic E-state index is 6.09. The van der Waals surface area contributed by atoms with Gasteiger partial charge in [-0.2, -0.15) is 0 Å². The first-order valence-corrected chi connectivity index (χ1v) is 5.59. The van der Waals surface area contributed by atoms with Crippen molar-refractivity contribution >= 4 is 0 Å². The Bertz CT molecular complexity index is 326. The molecule has 3 nitrogen and oxygen atoms in total. The summed E-state index contributed by atoms with van der Waals surface area (Å²) in [6.07, 6.45) is 9.29. The summed E-state index contributed by atoms with van der Waals surface area (Å²) in [4.78, 5) is 4.66. The van der Waals surface area contributed by atoms with Gasteiger partial charge in [0.05, 0.1) is 5.69 Å². The van der Waals surface area contributed by atoms with Crippen LogP contribution in [0.5, 0.6) is 0 Å². The zero-order valence-corrected chi connectivity index (χ0v) is 8.50. The molecule has 2 N–H and O–H groups in total. The van der Waals surface area contributed by atoms with Crippen molar-refractivity contribution in [3.8, 4) is 0 Å². The minimum absolute atomic E-state index is 0.102. The Labute approximate surface area is 84.3 Å². The fourth-order valence-corrected chi connectivity index (χ4v) is 2.25. The quantitative estimate of drug-likeness (QED) is 0.764. The van der Waals surface area contributed by atoms with Crippen LogP contribution in [0.3, 0.4) is 0 Å². The molecular formula is C11H17N3. The minimum atomic E-state index is 0.102. The molecule has 0 radical (unpaired) electrons. The van der Waals surface area contributed by atoms with Gasteiger partial charge in [-0.15, -0.1) is 0 Å². The van der Waals surface area contributed by atoms with Crippen LogP contribution in [0.2, 0.25) is 0 Å². The summed E-state index contributed by atoms with van der Waals surface area (Å²) in [5.74, 6) is 1.27. The molecule has 1 aromatic heterocycles. The van der Waals surface area contributed by atoms with E-state index in [1.54, 1.807) is 0 Å². The van der Waals surface area contributed by atoms with Gasteiger partial charge in [0.1, 0.15) is 5.82 Å². The highest BCUT2D eigenvalue weighted by molar-refractivity contribution is 5.14. The third-order valence-corrected chi connectivity index (χ3v) is 3.38. The summed E-state index contributed by atoms with van der Waals surface area (Å²) in [5.41, 5.74) is 7.40. The second kappa shape index (κ2) is 2.83. The second-order valence-corrected chi connectivity index (χ2v) is 4.84. The molecule has 1 fully saturated rings. The number of hydrogen-bond acceptors (Lipinski definition) is 2. The summed E-state index contributed by atoms with van der Waals surface area (Å²) >= 11 is 0. The molecule has 1 aliphatic heterocycles. The van der Waals surface area contributed by atoms with Crippen LogP contribution in [0.15, 0.2) is 6.20 Å². The molecule has 0 amide bonds. The predicted octanol–water partition coefficient (Wildman–Crippen LogP) is 1.25. The maximum Gasteiger partial charge on any atom is 0.108 e. The fraction of sp³-hybridized carbons (Fsp3) is 0.727. The number of aryl methyl sites for hydroxylation is 2. The summed E-state index contributed by atoms with van der Waals surface area (Å²) < 4.78 is 2.31. The fourth-order valence-electron chi connectivity index (χ4n) is 2.25. The van der Waals surface area contributed by atoms with E-state index in [-0.39, 0.29) is 5.54 Å². The van der Waals surface area contributed by atoms with E-state index in [1.807, 2.05) is 0 Å². The first-order valence-electron chi connectivity index (χ1n) is 5.59. The molecule has 1 aromatic rings. The second-order valence-electron chi connectivity index (χ2n) is 4.84. The highest BCUT2D eigenvalue weighted by Gasteiger charge is 2.38. The number of imidazole rings is 1. The van der Waals surface area contributed by atoms with Crippen LogP contribution in [-0.4, -0.2) is 15.1 Å². The van der Waals surface area contributed by atoms with Gasteiger partial charge in [0.2, 0.25) is 0 Å². The molecule has 0 spiro atoms. The molecule has 1 aliphatic carbocycles. The Hall–Kier alpha value is -0.830. The van der Waals surface area contributed by atoms with Crippen LogP contribution in [0, 0.1) is 0 Å². The van der Waals surface area contributed by atoms with Gasteiger partial charge in [0, 0.05) is 31.1 Å². The number of rotatable bonds is 2. The lowest BCUT2D eigenvalue weighted by atomic mass is 10.1. The summed E-state index contributed by atoms with van der Waals surface area (Å²) in [6.45, 7) is 1.15. The lowest BCUT2D eigenvalue weighted by Crippen LogP contribution is -2.24. The van der Waals surface area contributed by atoms with Crippen molar-refractivity contribution in [1.29, 1.82) is 0 Å². The Morgan fingerprint density at radius 3 is 3.00 bits per heavy atom. The van der Waals surface area contributed by atoms with Gasteiger partial charge in [0.25, 0.3) is 0 Å². The van der Waals surface area contributed by atoms with Gasteiger partial charge in [-0.3, -0.25) is 0 Å². The molecular weight excluding hydrogens is 174 g/mol. The van der Waals surface area contributed by atoms with Crippen LogP contribution >= 0.6 is 0 Å². The topological polar surface area (TPSA) is 43.8 Å². The van der Waals surface area contributed by atoms with E-state index in [4.69, 9.17) is 5.73 Å². The lowest BCUT2D eigenvalue weighted by Gasteiger charge is -2.11. The van der Waals surface area contributed by atoms with Crippen molar-refractivity contribution in [2.75, 3.05) is 0 Å². The zero-order chi connectivity index (χ0) is 9.60. The van der Waals surface area contributed by atoms with Gasteiger partial charge in [0.15, 0.2) is 0 Å². The van der Waals surface area contributed by atoms with E-state index in [9.17, 15) is 0 Å². The van der Waals surface area contributed by atoms with Crippen molar-refractivity contribution in [2.45, 2.75) is 50.6 Å². The van der Waals surface area contributed by atoms with Gasteiger partial charge in [-0.1, -0.05) is 0 Å². The SMILES string of the molecule is NC1(Cc2cn3c(n2)CCCC3)CC1. The van der Waals surface area contributed by atoms with Crippen LogP contribution < -0.4 is 5.73 Å². The molecule has 3 rings (SSSR count). The van der Waals surface area contributed by atoms with E-state index in [0.717, 1.165) is 19.4 Å². The van der Waals surface area contributed by atoms with Crippen LogP contribution in [0.25, 0.3) is 0 Å². The molecule has 0 unspecified atom stereocenters. The Morgan fingerprint density at radius 2 is 2.29 bits per heavy atom. The van der Waals surface area contributed by atoms with Crippen molar-refractivity contribution in [3.05, 3.63) is 17.7 Å². The number of aromatic nitrogens is 2. The van der Waals surface area contributed by atoms with Crippen molar-refractivity contribution < 1.29 is 0 Å². The third-order valence-electron chi connectivity index (χ3n) is 3.38. The molecule has 76 valence electrons. The first-order chi connectivity index (χ1) is 6.75. The monoisotopic (exact) mass is 191 g/mol. The molecule has 0 bridgehead atoms. The van der Waals surface area contributed by atoms with Gasteiger partial charge >= 0.3 is 0 Å². The van der Waals surface area contributed by atoms with E-state index in [1.165, 1.54) is 37.2 Å². The molecule has 1 saturated carbocycles. The van der Waals surface area contributed by atoms with Gasteiger partial charge < -0.3 is 10.3 Å². The van der Waals surface area contributed by atoms with E-state index in [0.29, 0.717) is 0 Å². The van der Waals surface area contributed by atoms with Crippen molar-refractivity contribution in [2.24, 2.45) is 5.73 Å². The molecule has 2 aliphatic rings. The average Bonchev–Trinajstić information content (AvgIpc) is 2.77. The number of nitrogens with two attached hydrogens (primary N) is 1. The summed E-state index contributed by atoms with van der Waals surface area (Å²) in [7, 11) is 0. The Kier molecular flexibility index (Phi) is 1.71. The van der Waals surface area contributed by atoms with E-state index in [2.05, 4.69) is 15.7 Å². The standard InChI is InChI=1S/C11H17N3/c12-11(4-5-11)7-9-8-14-6-2-1-3-10(14)13-9/h8H,1-7,12H2. The third kappa shape index (κ3) is 1.46. The zero-order valence-electron chi connectivity index (χ0n) is 8.50. The average molecular weight is 191 g/mol. The van der Waals surface area contributed by atoms with Gasteiger partial charge in [-0.25, -0.2) is 4.98 Å². The number of nitrogens with zero attached hydrogens (tertiary/aromatic N) is 2. The van der Waals surface area contributed by atoms with Crippen LogP contribution in [0.4, 0.5) is 0 Å². The molecule has 0 saturated heterocycles. The molecule has 0 aromatic carbocycles. The molecule has 0 atom stereocenters. The molecule has 2 heterocycles. The van der Waals surface area contributed by atoms with Crippen molar-refractivity contribution in [3.63, 3.8) is 0 Å². The molecule has 14 heavy (non-hydrogen) atoms. The van der Waals surface area contributed by atoms with E-state index >= 15 is 0 Å². The minimum Gasteiger partial charge on any atom is -0.335 e. The highest BCUT2D eigenvalue weighted by atomic mass is 15.1. The van der Waals surface area contributed by atoms with Crippen LogP contribution in [0.1, 0.15) is 37.2 Å². The number of fused-ring (bicyclic) bond motifs is 1. The van der Waals surface area contributed by atoms with Crippen molar-refractivity contribution in [1.82, 2.24) is 9.55 Å². The number of hydrogen-bond donors (Lipinski definition) is 1. The normalized spacial score (nSPS) is 23.2. The van der Waals surface area contributed by atoms with E-state index < -0.39 is 0 Å². The summed E-state index contributed by atoms with van der Waals surface area (Å²) in [6, 6.07) is 0. The largest absolute Gasteiger partial charge is 0.335 e. The van der Waals surface area contributed by atoms with Crippen LogP contribution in [-0.2, 0) is 19.4 Å². The summed E-state index contributed by atoms with van der Waals surface area (Å²) in [5, 5.41) is 0. The van der Waals surface area contributed by atoms with Gasteiger partial charge in [-0.05, 0) is 25.7 Å².